The van der Waals surface area contributed by atoms with Crippen LogP contribution in [0.25, 0.3) is 10.9 Å². The van der Waals surface area contributed by atoms with Crippen LogP contribution in [-0.4, -0.2) is 94.3 Å². The summed E-state index contributed by atoms with van der Waals surface area (Å²) in [7, 11) is 0. The van der Waals surface area contributed by atoms with Crippen LogP contribution in [0.3, 0.4) is 0 Å². The molecule has 14 heteroatoms. The lowest BCUT2D eigenvalue weighted by Crippen LogP contribution is -2.58. The second kappa shape index (κ2) is 13.8. The second-order valence-corrected chi connectivity index (χ2v) is 12.3. The van der Waals surface area contributed by atoms with Gasteiger partial charge in [-0.3, -0.25) is 9.69 Å². The molecule has 2 aliphatic heterocycles. The van der Waals surface area contributed by atoms with Gasteiger partial charge in [0.25, 0.3) is 5.91 Å². The number of piperazine rings is 2. The first-order valence-corrected chi connectivity index (χ1v) is 15.6. The van der Waals surface area contributed by atoms with Crippen molar-refractivity contribution in [3.8, 4) is 0 Å². The molecule has 3 aliphatic rings. The number of nitrogens with zero attached hydrogens (tertiary/aromatic N) is 4. The molecule has 0 spiro atoms. The number of aromatic amines is 1. The lowest BCUT2D eigenvalue weighted by molar-refractivity contribution is -0.143. The Morgan fingerprint density at radius 3 is 2.09 bits per heavy atom. The number of H-pyrrole nitrogens is 1. The molecule has 3 heterocycles. The average molecular weight is 684 g/mol. The summed E-state index contributed by atoms with van der Waals surface area (Å²) in [6.45, 7) is 3.22. The number of carbonyl (C=O) groups excluding carboxylic acids is 2. The quantitative estimate of drug-likeness (QED) is 0.247. The van der Waals surface area contributed by atoms with Crippen molar-refractivity contribution in [2.75, 3.05) is 45.8 Å². The predicted octanol–water partition coefficient (Wildman–Crippen LogP) is 6.23. The van der Waals surface area contributed by atoms with E-state index < -0.39 is 41.0 Å². The number of para-hydroxylation sites is 1. The van der Waals surface area contributed by atoms with Gasteiger partial charge in [-0.1, -0.05) is 31.0 Å². The van der Waals surface area contributed by atoms with E-state index in [4.69, 9.17) is 0 Å². The third-order valence-corrected chi connectivity index (χ3v) is 9.55. The van der Waals surface area contributed by atoms with Gasteiger partial charge < -0.3 is 19.7 Å². The fraction of sp³-hybridized carbons (Fsp3) is 0.485. The molecule has 254 valence electrons. The van der Waals surface area contributed by atoms with Crippen molar-refractivity contribution in [3.05, 3.63) is 76.7 Å². The van der Waals surface area contributed by atoms with E-state index in [9.17, 15) is 35.9 Å². The fourth-order valence-corrected chi connectivity index (χ4v) is 7.19. The predicted molar refractivity (Wildman–Crippen MR) is 167 cm³/mol. The van der Waals surface area contributed by atoms with E-state index in [1.807, 2.05) is 34.1 Å². The first-order chi connectivity index (χ1) is 21.9. The molecule has 3 aromatic rings. The average Bonchev–Trinajstić information content (AvgIpc) is 3.72. The standard InChI is InChI=1S/C33H35F6N5O2.ClH/c34-32(35,36)24-15-22(16-25(18-24)33(37,38)39)31(46)44-14-13-43(20-27(44)17-23-19-40-29-8-4-3-7-28(23)29)30(21-45)42-11-9-41(10-12-42)26-5-1-2-6-26;/h3-4,7-8,15-16,18-19,26-27,40H,1-2,5-6,9-14,17,20H2;1H/t27-;/m1./s1. The highest BCUT2D eigenvalue weighted by Crippen LogP contribution is 2.37. The SMILES string of the molecule is Cl.O=C=C(N1CCN(C2CCCC2)CC1)N1CCN(C(=O)c2cc(C(F)(F)F)cc(C(F)(F)F)c2)[C@H](Cc2c[nH]c3ccccc23)C1. The van der Waals surface area contributed by atoms with Crippen LogP contribution in [0, 0.1) is 0 Å². The number of amides is 1. The van der Waals surface area contributed by atoms with Crippen molar-refractivity contribution in [1.82, 2.24) is 24.6 Å². The van der Waals surface area contributed by atoms with Crippen LogP contribution >= 0.6 is 12.4 Å². The number of alkyl halides is 6. The van der Waals surface area contributed by atoms with Gasteiger partial charge in [0.2, 0.25) is 0 Å². The number of hydrogen-bond donors (Lipinski definition) is 1. The summed E-state index contributed by atoms with van der Waals surface area (Å²) in [5.41, 5.74) is -2.08. The summed E-state index contributed by atoms with van der Waals surface area (Å²) in [5.74, 6) is 1.53. The highest BCUT2D eigenvalue weighted by atomic mass is 35.5. The summed E-state index contributed by atoms with van der Waals surface area (Å²) in [6, 6.07) is 8.38. The van der Waals surface area contributed by atoms with Crippen LogP contribution in [-0.2, 0) is 23.6 Å². The van der Waals surface area contributed by atoms with E-state index in [0.29, 0.717) is 37.1 Å². The number of halogens is 7. The molecule has 2 saturated heterocycles. The number of nitrogens with one attached hydrogen (secondary N) is 1. The molecular formula is C33H36ClF6N5O2. The maximum atomic E-state index is 13.8. The minimum atomic E-state index is -5.08. The van der Waals surface area contributed by atoms with Crippen LogP contribution in [0.4, 0.5) is 26.3 Å². The topological polar surface area (TPSA) is 62.9 Å². The summed E-state index contributed by atoms with van der Waals surface area (Å²) in [4.78, 5) is 37.0. The normalized spacial score (nSPS) is 20.0. The molecule has 1 amide bonds. The van der Waals surface area contributed by atoms with Gasteiger partial charge in [-0.05, 0) is 49.1 Å². The van der Waals surface area contributed by atoms with E-state index in [2.05, 4.69) is 15.8 Å². The third-order valence-electron chi connectivity index (χ3n) is 9.55. The minimum Gasteiger partial charge on any atom is -0.361 e. The molecule has 1 atom stereocenters. The Morgan fingerprint density at radius 2 is 1.47 bits per heavy atom. The Hall–Kier alpha value is -3.67. The molecule has 1 aromatic heterocycles. The Bertz CT molecular complexity index is 1590. The van der Waals surface area contributed by atoms with Gasteiger partial charge in [0.1, 0.15) is 0 Å². The monoisotopic (exact) mass is 683 g/mol. The van der Waals surface area contributed by atoms with Gasteiger partial charge >= 0.3 is 12.4 Å². The molecule has 1 aliphatic carbocycles. The van der Waals surface area contributed by atoms with Crippen LogP contribution in [0.1, 0.15) is 52.7 Å². The van der Waals surface area contributed by atoms with Gasteiger partial charge in [-0.25, -0.2) is 4.79 Å². The van der Waals surface area contributed by atoms with Crippen molar-refractivity contribution in [2.45, 2.75) is 56.5 Å². The maximum Gasteiger partial charge on any atom is 0.416 e. The largest absolute Gasteiger partial charge is 0.416 e. The van der Waals surface area contributed by atoms with E-state index in [1.165, 1.54) is 30.6 Å². The van der Waals surface area contributed by atoms with Gasteiger partial charge in [-0.15, -0.1) is 12.4 Å². The number of carbonyl (C=O) groups is 1. The van der Waals surface area contributed by atoms with E-state index in [0.717, 1.165) is 29.6 Å². The van der Waals surface area contributed by atoms with Crippen molar-refractivity contribution in [2.24, 2.45) is 0 Å². The number of rotatable bonds is 6. The zero-order valence-corrected chi connectivity index (χ0v) is 26.4. The second-order valence-electron chi connectivity index (χ2n) is 12.3. The Labute approximate surface area is 274 Å². The van der Waals surface area contributed by atoms with E-state index in [1.54, 1.807) is 6.20 Å². The van der Waals surface area contributed by atoms with E-state index >= 15 is 0 Å². The zero-order valence-electron chi connectivity index (χ0n) is 25.5. The van der Waals surface area contributed by atoms with Gasteiger partial charge in [0.05, 0.1) is 17.2 Å². The molecule has 7 nitrogen and oxygen atoms in total. The highest BCUT2D eigenvalue weighted by Gasteiger charge is 2.40. The van der Waals surface area contributed by atoms with Crippen LogP contribution in [0.5, 0.6) is 0 Å². The van der Waals surface area contributed by atoms with Gasteiger partial charge in [-0.2, -0.15) is 26.3 Å². The lowest BCUT2D eigenvalue weighted by Gasteiger charge is -2.46. The lowest BCUT2D eigenvalue weighted by atomic mass is 9.98. The highest BCUT2D eigenvalue weighted by molar-refractivity contribution is 5.95. The minimum absolute atomic E-state index is 0. The molecule has 1 saturated carbocycles. The molecule has 47 heavy (non-hydrogen) atoms. The molecule has 6 rings (SSSR count). The molecule has 1 N–H and O–H groups in total. The van der Waals surface area contributed by atoms with Crippen LogP contribution < -0.4 is 0 Å². The van der Waals surface area contributed by atoms with Crippen molar-refractivity contribution in [3.63, 3.8) is 0 Å². The van der Waals surface area contributed by atoms with Gasteiger partial charge in [0, 0.05) is 74.5 Å². The van der Waals surface area contributed by atoms with Crippen LogP contribution in [0.2, 0.25) is 0 Å². The Kier molecular flexibility index (Phi) is 10.2. The van der Waals surface area contributed by atoms with Crippen molar-refractivity contribution >= 4 is 35.2 Å². The smallest absolute Gasteiger partial charge is 0.361 e. The van der Waals surface area contributed by atoms with Crippen LogP contribution in [0.15, 0.2) is 54.5 Å². The molecule has 3 fully saturated rings. The molecular weight excluding hydrogens is 648 g/mol. The molecule has 2 aromatic carbocycles. The number of fused-ring (bicyclic) bond motifs is 1. The number of aromatic nitrogens is 1. The van der Waals surface area contributed by atoms with Gasteiger partial charge in [0.15, 0.2) is 11.8 Å². The maximum absolute atomic E-state index is 13.8. The number of benzene rings is 2. The summed E-state index contributed by atoms with van der Waals surface area (Å²) in [5, 5.41) is 0.889. The zero-order chi connectivity index (χ0) is 32.6. The molecule has 0 unspecified atom stereocenters. The van der Waals surface area contributed by atoms with E-state index in [-0.39, 0.29) is 44.5 Å². The summed E-state index contributed by atoms with van der Waals surface area (Å²) in [6.07, 6.45) is -3.30. The van der Waals surface area contributed by atoms with Crippen molar-refractivity contribution < 1.29 is 35.9 Å². The number of hydrogen-bond acceptors (Lipinski definition) is 5. The third kappa shape index (κ3) is 7.42. The first kappa shape index (κ1) is 34.7. The summed E-state index contributed by atoms with van der Waals surface area (Å²) >= 11 is 0. The Morgan fingerprint density at radius 1 is 0.851 bits per heavy atom. The summed E-state index contributed by atoms with van der Waals surface area (Å²) < 4.78 is 81.8. The fourth-order valence-electron chi connectivity index (χ4n) is 7.19. The molecule has 0 bridgehead atoms. The molecule has 0 radical (unpaired) electrons. The first-order valence-electron chi connectivity index (χ1n) is 15.6. The van der Waals surface area contributed by atoms with Crippen molar-refractivity contribution in [1.29, 1.82) is 0 Å². The Balaban J connectivity index is 0.00000433.